The van der Waals surface area contributed by atoms with Crippen molar-refractivity contribution in [2.75, 3.05) is 13.1 Å². The van der Waals surface area contributed by atoms with Gasteiger partial charge in [0.05, 0.1) is 12.2 Å². The van der Waals surface area contributed by atoms with Gasteiger partial charge in [0.25, 0.3) is 0 Å². The molecule has 0 saturated carbocycles. The Morgan fingerprint density at radius 1 is 1.00 bits per heavy atom. The molecule has 1 aliphatic rings. The summed E-state index contributed by atoms with van der Waals surface area (Å²) >= 11 is 0. The molecule has 6 heteroatoms. The zero-order valence-corrected chi connectivity index (χ0v) is 16.7. The van der Waals surface area contributed by atoms with Crippen molar-refractivity contribution >= 4 is 22.6 Å². The summed E-state index contributed by atoms with van der Waals surface area (Å²) in [6.07, 6.45) is 3.13. The molecule has 0 radical (unpaired) electrons. The summed E-state index contributed by atoms with van der Waals surface area (Å²) in [6, 6.07) is 19.8. The van der Waals surface area contributed by atoms with Crippen molar-refractivity contribution in [2.24, 2.45) is 0 Å². The highest BCUT2D eigenvalue weighted by Crippen LogP contribution is 2.24. The van der Waals surface area contributed by atoms with E-state index < -0.39 is 10.8 Å². The van der Waals surface area contributed by atoms with Gasteiger partial charge >= 0.3 is 0 Å². The second-order valence-electron chi connectivity index (χ2n) is 6.98. The number of amides is 2. The van der Waals surface area contributed by atoms with Crippen LogP contribution >= 0.6 is 0 Å². The number of likely N-dealkylation sites (tertiary alicyclic amines) is 1. The van der Waals surface area contributed by atoms with Gasteiger partial charge in [0.15, 0.2) is 0 Å². The van der Waals surface area contributed by atoms with Crippen LogP contribution in [0, 0.1) is 0 Å². The lowest BCUT2D eigenvalue weighted by Crippen LogP contribution is -2.57. The summed E-state index contributed by atoms with van der Waals surface area (Å²) in [5, 5.41) is 2.50. The van der Waals surface area contributed by atoms with Crippen molar-refractivity contribution in [3.8, 4) is 0 Å². The van der Waals surface area contributed by atoms with Crippen LogP contribution in [0.25, 0.3) is 0 Å². The number of benzene rings is 2. The molecule has 1 heterocycles. The third-order valence-electron chi connectivity index (χ3n) is 4.84. The normalized spacial score (nSPS) is 17.1. The van der Waals surface area contributed by atoms with Crippen LogP contribution in [-0.2, 0) is 32.6 Å². The topological polar surface area (TPSA) is 66.5 Å². The van der Waals surface area contributed by atoms with E-state index >= 15 is 0 Å². The van der Waals surface area contributed by atoms with Gasteiger partial charge in [-0.1, -0.05) is 60.7 Å². The fourth-order valence-electron chi connectivity index (χ4n) is 3.22. The van der Waals surface area contributed by atoms with E-state index in [2.05, 4.69) is 17.4 Å². The minimum Gasteiger partial charge on any atom is -0.355 e. The number of carbonyl (C=O) groups is 2. The predicted molar refractivity (Wildman–Crippen MR) is 111 cm³/mol. The molecule has 0 aliphatic carbocycles. The van der Waals surface area contributed by atoms with E-state index in [4.69, 9.17) is 0 Å². The third-order valence-corrected chi connectivity index (χ3v) is 6.49. The largest absolute Gasteiger partial charge is 0.355 e. The SMILES string of the molecule is O=C(CN1C(=O)CC1S(=O)Cc1ccccc1)NCCCCc1ccccc1. The van der Waals surface area contributed by atoms with E-state index in [9.17, 15) is 13.8 Å². The number of nitrogens with zero attached hydrogens (tertiary/aromatic N) is 1. The Balaban J connectivity index is 1.36. The van der Waals surface area contributed by atoms with Gasteiger partial charge in [0.2, 0.25) is 11.8 Å². The van der Waals surface area contributed by atoms with Gasteiger partial charge in [-0.2, -0.15) is 0 Å². The summed E-state index contributed by atoms with van der Waals surface area (Å²) in [6.45, 7) is 0.578. The fraction of sp³-hybridized carbons (Fsp3) is 0.364. The molecule has 1 aliphatic heterocycles. The van der Waals surface area contributed by atoms with Crippen LogP contribution in [0.15, 0.2) is 60.7 Å². The molecule has 2 atom stereocenters. The van der Waals surface area contributed by atoms with Gasteiger partial charge in [-0.25, -0.2) is 0 Å². The molecule has 1 N–H and O–H groups in total. The molecule has 28 heavy (non-hydrogen) atoms. The van der Waals surface area contributed by atoms with Crippen molar-refractivity contribution in [2.45, 2.75) is 36.8 Å². The Hall–Kier alpha value is -2.47. The summed E-state index contributed by atoms with van der Waals surface area (Å²) in [7, 11) is -1.20. The number of carbonyl (C=O) groups excluding carboxylic acids is 2. The van der Waals surface area contributed by atoms with Crippen LogP contribution in [-0.4, -0.2) is 39.4 Å². The molecule has 148 valence electrons. The molecule has 2 unspecified atom stereocenters. The molecule has 1 saturated heterocycles. The van der Waals surface area contributed by atoms with E-state index in [1.807, 2.05) is 48.5 Å². The number of rotatable bonds is 10. The highest BCUT2D eigenvalue weighted by Gasteiger charge is 2.40. The zero-order chi connectivity index (χ0) is 19.8. The highest BCUT2D eigenvalue weighted by molar-refractivity contribution is 7.85. The molecule has 0 spiro atoms. The molecule has 1 fully saturated rings. The first-order chi connectivity index (χ1) is 13.6. The average Bonchev–Trinajstić information content (AvgIpc) is 2.71. The van der Waals surface area contributed by atoms with Crippen LogP contribution in [0.3, 0.4) is 0 Å². The lowest BCUT2D eigenvalue weighted by Gasteiger charge is -2.39. The van der Waals surface area contributed by atoms with Gasteiger partial charge in [-0.05, 0) is 30.4 Å². The number of hydrogen-bond acceptors (Lipinski definition) is 3. The summed E-state index contributed by atoms with van der Waals surface area (Å²) in [5.41, 5.74) is 2.27. The zero-order valence-electron chi connectivity index (χ0n) is 15.9. The van der Waals surface area contributed by atoms with Gasteiger partial charge in [0, 0.05) is 17.3 Å². The van der Waals surface area contributed by atoms with Gasteiger partial charge in [-0.3, -0.25) is 13.8 Å². The van der Waals surface area contributed by atoms with E-state index in [1.165, 1.54) is 10.5 Å². The number of nitrogens with one attached hydrogen (secondary N) is 1. The number of aryl methyl sites for hydroxylation is 1. The maximum atomic E-state index is 12.6. The molecule has 5 nitrogen and oxygen atoms in total. The number of hydrogen-bond donors (Lipinski definition) is 1. The lowest BCUT2D eigenvalue weighted by atomic mass is 10.1. The predicted octanol–water partition coefficient (Wildman–Crippen LogP) is 2.63. The average molecular weight is 399 g/mol. The molecular formula is C22H26N2O3S. The minimum atomic E-state index is -1.20. The quantitative estimate of drug-likeness (QED) is 0.494. The van der Waals surface area contributed by atoms with Crippen molar-refractivity contribution in [1.82, 2.24) is 10.2 Å². The molecular weight excluding hydrogens is 372 g/mol. The number of β-lactam (4-membered cyclic amide) rings is 1. The summed E-state index contributed by atoms with van der Waals surface area (Å²) < 4.78 is 12.6. The molecule has 0 bridgehead atoms. The summed E-state index contributed by atoms with van der Waals surface area (Å²) in [4.78, 5) is 25.5. The van der Waals surface area contributed by atoms with Crippen molar-refractivity contribution in [3.05, 3.63) is 71.8 Å². The molecule has 3 rings (SSSR count). The Morgan fingerprint density at radius 2 is 1.64 bits per heavy atom. The van der Waals surface area contributed by atoms with E-state index in [1.54, 1.807) is 0 Å². The van der Waals surface area contributed by atoms with Gasteiger partial charge in [0.1, 0.15) is 11.9 Å². The smallest absolute Gasteiger partial charge is 0.239 e. The maximum Gasteiger partial charge on any atom is 0.239 e. The Bertz CT molecular complexity index is 811. The summed E-state index contributed by atoms with van der Waals surface area (Å²) in [5.74, 6) is 0.108. The van der Waals surface area contributed by atoms with Crippen LogP contribution in [0.4, 0.5) is 0 Å². The first-order valence-corrected chi connectivity index (χ1v) is 11.0. The Labute approximate surface area is 168 Å². The van der Waals surface area contributed by atoms with Crippen LogP contribution in [0.5, 0.6) is 0 Å². The first kappa shape index (κ1) is 20.3. The standard InChI is InChI=1S/C22H26N2O3S/c25-20(23-14-8-7-11-18-9-3-1-4-10-18)16-24-21(26)15-22(24)28(27)17-19-12-5-2-6-13-19/h1-6,9-10,12-13,22H,7-8,11,14-17H2,(H,23,25). The maximum absolute atomic E-state index is 12.6. The second kappa shape index (κ2) is 10.2. The molecule has 2 aromatic rings. The molecule has 2 aromatic carbocycles. The highest BCUT2D eigenvalue weighted by atomic mass is 32.2. The third kappa shape index (κ3) is 5.76. The van der Waals surface area contributed by atoms with E-state index in [-0.39, 0.29) is 30.2 Å². The van der Waals surface area contributed by atoms with Crippen LogP contribution < -0.4 is 5.32 Å². The van der Waals surface area contributed by atoms with Crippen molar-refractivity contribution in [3.63, 3.8) is 0 Å². The first-order valence-electron chi connectivity index (χ1n) is 9.64. The van der Waals surface area contributed by atoms with E-state index in [0.29, 0.717) is 12.3 Å². The molecule has 2 amide bonds. The Morgan fingerprint density at radius 3 is 2.29 bits per heavy atom. The molecule has 0 aromatic heterocycles. The van der Waals surface area contributed by atoms with Crippen LogP contribution in [0.2, 0.25) is 0 Å². The van der Waals surface area contributed by atoms with Crippen molar-refractivity contribution in [1.29, 1.82) is 0 Å². The van der Waals surface area contributed by atoms with Gasteiger partial charge in [-0.15, -0.1) is 0 Å². The second-order valence-corrected chi connectivity index (χ2v) is 8.58. The van der Waals surface area contributed by atoms with Crippen LogP contribution in [0.1, 0.15) is 30.4 Å². The lowest BCUT2D eigenvalue weighted by molar-refractivity contribution is -0.145. The minimum absolute atomic E-state index is 0.0112. The Kier molecular flexibility index (Phi) is 7.37. The van der Waals surface area contributed by atoms with Crippen molar-refractivity contribution < 1.29 is 13.8 Å². The number of unbranched alkanes of at least 4 members (excludes halogenated alkanes) is 1. The fourth-order valence-corrected chi connectivity index (χ4v) is 4.74. The monoisotopic (exact) mass is 398 g/mol. The van der Waals surface area contributed by atoms with E-state index in [0.717, 1.165) is 24.8 Å². The van der Waals surface area contributed by atoms with Gasteiger partial charge < -0.3 is 10.2 Å².